The fourth-order valence-corrected chi connectivity index (χ4v) is 3.01. The lowest BCUT2D eigenvalue weighted by molar-refractivity contribution is -0.141. The van der Waals surface area contributed by atoms with E-state index in [4.69, 9.17) is 5.11 Å². The van der Waals surface area contributed by atoms with Crippen LogP contribution < -0.4 is 5.32 Å². The maximum absolute atomic E-state index is 12.0. The van der Waals surface area contributed by atoms with Crippen LogP contribution in [0.2, 0.25) is 0 Å². The van der Waals surface area contributed by atoms with E-state index >= 15 is 0 Å². The summed E-state index contributed by atoms with van der Waals surface area (Å²) >= 11 is 0. The first-order chi connectivity index (χ1) is 8.52. The molecule has 5 nitrogen and oxygen atoms in total. The first kappa shape index (κ1) is 13.2. The van der Waals surface area contributed by atoms with Gasteiger partial charge in [0.15, 0.2) is 0 Å². The molecule has 1 unspecified atom stereocenters. The molecule has 2 fully saturated rings. The molecule has 2 aliphatic rings. The first-order valence-corrected chi connectivity index (χ1v) is 6.79. The van der Waals surface area contributed by atoms with Gasteiger partial charge in [-0.25, -0.2) is 4.79 Å². The summed E-state index contributed by atoms with van der Waals surface area (Å²) in [5, 5.41) is 11.8. The van der Waals surface area contributed by atoms with Crippen LogP contribution in [0, 0.1) is 5.41 Å². The molecule has 0 radical (unpaired) electrons. The van der Waals surface area contributed by atoms with Gasteiger partial charge < -0.3 is 15.3 Å². The highest BCUT2D eigenvalue weighted by Crippen LogP contribution is 2.43. The van der Waals surface area contributed by atoms with Crippen molar-refractivity contribution in [2.24, 2.45) is 5.41 Å². The number of carboxylic acid groups (broad SMARTS) is 1. The molecule has 102 valence electrons. The van der Waals surface area contributed by atoms with Crippen LogP contribution in [0.5, 0.6) is 0 Å². The van der Waals surface area contributed by atoms with Gasteiger partial charge in [-0.3, -0.25) is 4.79 Å². The molecule has 0 bridgehead atoms. The molecule has 1 saturated carbocycles. The van der Waals surface area contributed by atoms with Gasteiger partial charge in [0.05, 0.1) is 6.42 Å². The molecule has 1 aliphatic carbocycles. The largest absolute Gasteiger partial charge is 0.481 e. The molecule has 0 spiro atoms. The zero-order valence-corrected chi connectivity index (χ0v) is 10.9. The number of nitrogens with zero attached hydrogens (tertiary/aromatic N) is 1. The van der Waals surface area contributed by atoms with E-state index in [-0.39, 0.29) is 17.9 Å². The highest BCUT2D eigenvalue weighted by Gasteiger charge is 2.39. The Morgan fingerprint density at radius 1 is 1.39 bits per heavy atom. The van der Waals surface area contributed by atoms with E-state index in [1.54, 1.807) is 0 Å². The number of carbonyl (C=O) groups excluding carboxylic acids is 1. The molecule has 18 heavy (non-hydrogen) atoms. The summed E-state index contributed by atoms with van der Waals surface area (Å²) in [6.45, 7) is 3.38. The van der Waals surface area contributed by atoms with Crippen molar-refractivity contribution in [2.45, 2.75) is 51.5 Å². The quantitative estimate of drug-likeness (QED) is 0.804. The van der Waals surface area contributed by atoms with Crippen molar-refractivity contribution >= 4 is 12.0 Å². The third kappa shape index (κ3) is 2.76. The van der Waals surface area contributed by atoms with E-state index in [0.29, 0.717) is 12.6 Å². The van der Waals surface area contributed by atoms with Crippen LogP contribution in [0.1, 0.15) is 45.4 Å². The minimum absolute atomic E-state index is 0.0309. The van der Waals surface area contributed by atoms with Crippen molar-refractivity contribution < 1.29 is 14.7 Å². The third-order valence-electron chi connectivity index (χ3n) is 4.37. The van der Waals surface area contributed by atoms with Gasteiger partial charge in [0.1, 0.15) is 0 Å². The van der Waals surface area contributed by atoms with Gasteiger partial charge in [0, 0.05) is 19.1 Å². The average Bonchev–Trinajstić information content (AvgIpc) is 2.67. The topological polar surface area (TPSA) is 69.6 Å². The Balaban J connectivity index is 1.82. The Labute approximate surface area is 108 Å². The number of nitrogens with one attached hydrogen (secondary N) is 1. The molecule has 1 saturated heterocycles. The van der Waals surface area contributed by atoms with Crippen molar-refractivity contribution in [1.29, 1.82) is 0 Å². The van der Waals surface area contributed by atoms with Gasteiger partial charge >= 0.3 is 12.0 Å². The molecule has 2 N–H and O–H groups in total. The number of aliphatic carboxylic acids is 1. The molecule has 0 aromatic carbocycles. The lowest BCUT2D eigenvalue weighted by atomic mass is 9.66. The molecule has 1 aliphatic heterocycles. The number of hydrogen-bond donors (Lipinski definition) is 2. The predicted molar refractivity (Wildman–Crippen MR) is 67.3 cm³/mol. The monoisotopic (exact) mass is 254 g/mol. The second-order valence-corrected chi connectivity index (χ2v) is 5.77. The van der Waals surface area contributed by atoms with Gasteiger partial charge in [-0.15, -0.1) is 0 Å². The van der Waals surface area contributed by atoms with E-state index in [1.165, 1.54) is 0 Å². The minimum atomic E-state index is -0.765. The number of amides is 2. The summed E-state index contributed by atoms with van der Waals surface area (Å²) in [5.74, 6) is -0.765. The van der Waals surface area contributed by atoms with Gasteiger partial charge in [0.25, 0.3) is 0 Å². The van der Waals surface area contributed by atoms with Gasteiger partial charge in [0.2, 0.25) is 0 Å². The smallest absolute Gasteiger partial charge is 0.317 e. The van der Waals surface area contributed by atoms with Crippen LogP contribution in [0.3, 0.4) is 0 Å². The number of carboxylic acids is 1. The van der Waals surface area contributed by atoms with Crippen LogP contribution in [-0.2, 0) is 4.79 Å². The zero-order chi connectivity index (χ0) is 13.2. The van der Waals surface area contributed by atoms with Crippen LogP contribution in [-0.4, -0.2) is 41.1 Å². The Bertz CT molecular complexity index is 339. The van der Waals surface area contributed by atoms with Crippen LogP contribution in [0.15, 0.2) is 0 Å². The zero-order valence-electron chi connectivity index (χ0n) is 10.9. The van der Waals surface area contributed by atoms with Gasteiger partial charge in [-0.1, -0.05) is 6.42 Å². The number of likely N-dealkylation sites (tertiary alicyclic amines) is 1. The molecule has 2 rings (SSSR count). The van der Waals surface area contributed by atoms with Crippen LogP contribution in [0.4, 0.5) is 4.79 Å². The number of rotatable bonds is 4. The standard InChI is InChI=1S/C13H22N2O3/c1-10-4-2-7-15(10)12(18)14-9-13(5-3-6-13)8-11(16)17/h10H,2-9H2,1H3,(H,14,18)(H,16,17). The fourth-order valence-electron chi connectivity index (χ4n) is 3.01. The molecular formula is C13H22N2O3. The average molecular weight is 254 g/mol. The fraction of sp³-hybridized carbons (Fsp3) is 0.846. The maximum Gasteiger partial charge on any atom is 0.317 e. The van der Waals surface area contributed by atoms with E-state index in [1.807, 2.05) is 4.90 Å². The Morgan fingerprint density at radius 2 is 2.11 bits per heavy atom. The third-order valence-corrected chi connectivity index (χ3v) is 4.37. The summed E-state index contributed by atoms with van der Waals surface area (Å²) in [5.41, 5.74) is -0.190. The summed E-state index contributed by atoms with van der Waals surface area (Å²) < 4.78 is 0. The second kappa shape index (κ2) is 5.16. The Kier molecular flexibility index (Phi) is 3.78. The first-order valence-electron chi connectivity index (χ1n) is 6.79. The van der Waals surface area contributed by atoms with E-state index < -0.39 is 5.97 Å². The van der Waals surface area contributed by atoms with Gasteiger partial charge in [-0.2, -0.15) is 0 Å². The maximum atomic E-state index is 12.0. The van der Waals surface area contributed by atoms with Crippen molar-refractivity contribution in [3.05, 3.63) is 0 Å². The van der Waals surface area contributed by atoms with Crippen molar-refractivity contribution in [3.8, 4) is 0 Å². The molecular weight excluding hydrogens is 232 g/mol. The van der Waals surface area contributed by atoms with Crippen molar-refractivity contribution in [2.75, 3.05) is 13.1 Å². The minimum Gasteiger partial charge on any atom is -0.481 e. The molecule has 0 aromatic heterocycles. The summed E-state index contributed by atoms with van der Waals surface area (Å²) in [6, 6.07) is 0.276. The predicted octanol–water partition coefficient (Wildman–Crippen LogP) is 1.83. The molecule has 5 heteroatoms. The Morgan fingerprint density at radius 3 is 2.56 bits per heavy atom. The highest BCUT2D eigenvalue weighted by molar-refractivity contribution is 5.75. The number of carbonyl (C=O) groups is 2. The molecule has 1 atom stereocenters. The summed E-state index contributed by atoms with van der Waals surface area (Å²) in [4.78, 5) is 24.7. The molecule has 1 heterocycles. The summed E-state index contributed by atoms with van der Waals surface area (Å²) in [7, 11) is 0. The summed E-state index contributed by atoms with van der Waals surface area (Å²) in [6.07, 6.45) is 5.19. The van der Waals surface area contributed by atoms with Crippen LogP contribution in [0.25, 0.3) is 0 Å². The lowest BCUT2D eigenvalue weighted by Gasteiger charge is -2.41. The Hall–Kier alpha value is -1.26. The van der Waals surface area contributed by atoms with Crippen molar-refractivity contribution in [1.82, 2.24) is 10.2 Å². The normalized spacial score (nSPS) is 25.6. The van der Waals surface area contributed by atoms with E-state index in [0.717, 1.165) is 38.6 Å². The SMILES string of the molecule is CC1CCCN1C(=O)NCC1(CC(=O)O)CCC1. The number of urea groups is 1. The molecule has 2 amide bonds. The highest BCUT2D eigenvalue weighted by atomic mass is 16.4. The molecule has 0 aromatic rings. The van der Waals surface area contributed by atoms with Crippen LogP contribution >= 0.6 is 0 Å². The van der Waals surface area contributed by atoms with Crippen molar-refractivity contribution in [3.63, 3.8) is 0 Å². The van der Waals surface area contributed by atoms with Gasteiger partial charge in [-0.05, 0) is 38.0 Å². The lowest BCUT2D eigenvalue weighted by Crippen LogP contribution is -2.48. The van der Waals surface area contributed by atoms with E-state index in [9.17, 15) is 9.59 Å². The number of hydrogen-bond acceptors (Lipinski definition) is 2. The second-order valence-electron chi connectivity index (χ2n) is 5.77. The van der Waals surface area contributed by atoms with E-state index in [2.05, 4.69) is 12.2 Å².